The van der Waals surface area contributed by atoms with Gasteiger partial charge in [-0.05, 0) is 60.2 Å². The van der Waals surface area contributed by atoms with Gasteiger partial charge in [0.2, 0.25) is 5.91 Å². The van der Waals surface area contributed by atoms with Crippen LogP contribution in [0.15, 0.2) is 101 Å². The highest BCUT2D eigenvalue weighted by atomic mass is 35.5. The van der Waals surface area contributed by atoms with Gasteiger partial charge in [-0.2, -0.15) is 0 Å². The Hall–Kier alpha value is -3.19. The first-order valence-corrected chi connectivity index (χ1v) is 11.5. The zero-order chi connectivity index (χ0) is 23.2. The number of thioether (sulfide) groups is 1. The Morgan fingerprint density at radius 3 is 2.12 bits per heavy atom. The van der Waals surface area contributed by atoms with E-state index in [2.05, 4.69) is 10.6 Å². The van der Waals surface area contributed by atoms with Crippen molar-refractivity contribution in [2.45, 2.75) is 10.1 Å². The molecular formula is C25H18Cl2N2O3S. The summed E-state index contributed by atoms with van der Waals surface area (Å²) in [7, 11) is 0. The molecule has 2 N–H and O–H groups in total. The highest BCUT2D eigenvalue weighted by Crippen LogP contribution is 2.37. The highest BCUT2D eigenvalue weighted by molar-refractivity contribution is 8.00. The van der Waals surface area contributed by atoms with Gasteiger partial charge in [0.15, 0.2) is 5.76 Å². The van der Waals surface area contributed by atoms with E-state index in [1.807, 2.05) is 42.5 Å². The van der Waals surface area contributed by atoms with Gasteiger partial charge < -0.3 is 15.1 Å². The Kier molecular flexibility index (Phi) is 7.40. The third-order valence-corrected chi connectivity index (χ3v) is 6.28. The number of anilines is 2. The fourth-order valence-electron chi connectivity index (χ4n) is 3.09. The summed E-state index contributed by atoms with van der Waals surface area (Å²) in [6.45, 7) is 0. The van der Waals surface area contributed by atoms with Crippen LogP contribution in [0.2, 0.25) is 10.0 Å². The monoisotopic (exact) mass is 496 g/mol. The minimum absolute atomic E-state index is 0.209. The molecule has 4 aromatic rings. The average molecular weight is 497 g/mol. The number of amides is 2. The normalized spacial score (nSPS) is 11.6. The maximum atomic E-state index is 13.2. The van der Waals surface area contributed by atoms with Gasteiger partial charge in [-0.15, -0.1) is 11.8 Å². The van der Waals surface area contributed by atoms with E-state index >= 15 is 0 Å². The Morgan fingerprint density at radius 2 is 1.48 bits per heavy atom. The molecular weight excluding hydrogens is 479 g/mol. The molecule has 0 spiro atoms. The maximum absolute atomic E-state index is 13.2. The number of hydrogen-bond donors (Lipinski definition) is 2. The lowest BCUT2D eigenvalue weighted by atomic mass is 10.1. The first-order chi connectivity index (χ1) is 16.0. The zero-order valence-corrected chi connectivity index (χ0v) is 19.5. The molecule has 0 aliphatic carbocycles. The van der Waals surface area contributed by atoms with E-state index in [0.717, 1.165) is 10.5 Å². The molecule has 0 saturated carbocycles. The molecule has 0 radical (unpaired) electrons. The molecule has 0 fully saturated rings. The SMILES string of the molecule is O=C(Nc1ccc(SC(C(=O)Nc2cc(Cl)cc(Cl)c2)c2ccccc2)cc1)c1ccco1. The Morgan fingerprint density at radius 1 is 0.788 bits per heavy atom. The second kappa shape index (κ2) is 10.6. The molecule has 33 heavy (non-hydrogen) atoms. The van der Waals surface area contributed by atoms with E-state index < -0.39 is 5.25 Å². The number of rotatable bonds is 7. The quantitative estimate of drug-likeness (QED) is 0.263. The van der Waals surface area contributed by atoms with Crippen LogP contribution in [0.25, 0.3) is 0 Å². The summed E-state index contributed by atoms with van der Waals surface area (Å²) in [4.78, 5) is 26.2. The van der Waals surface area contributed by atoms with Gasteiger partial charge >= 0.3 is 0 Å². The molecule has 1 unspecified atom stereocenters. The number of halogens is 2. The van der Waals surface area contributed by atoms with Gasteiger partial charge in [-0.1, -0.05) is 53.5 Å². The lowest BCUT2D eigenvalue weighted by molar-refractivity contribution is -0.115. The molecule has 1 atom stereocenters. The van der Waals surface area contributed by atoms with Crippen molar-refractivity contribution in [2.24, 2.45) is 0 Å². The van der Waals surface area contributed by atoms with Gasteiger partial charge in [0, 0.05) is 26.3 Å². The zero-order valence-electron chi connectivity index (χ0n) is 17.1. The van der Waals surface area contributed by atoms with Crippen molar-refractivity contribution in [2.75, 3.05) is 10.6 Å². The van der Waals surface area contributed by atoms with Crippen molar-refractivity contribution in [3.8, 4) is 0 Å². The van der Waals surface area contributed by atoms with Gasteiger partial charge in [0.25, 0.3) is 5.91 Å². The summed E-state index contributed by atoms with van der Waals surface area (Å²) in [5.41, 5.74) is 1.99. The topological polar surface area (TPSA) is 71.3 Å². The molecule has 0 aliphatic heterocycles. The van der Waals surface area contributed by atoms with E-state index in [9.17, 15) is 9.59 Å². The molecule has 0 aliphatic rings. The van der Waals surface area contributed by atoms with Crippen molar-refractivity contribution in [1.82, 2.24) is 0 Å². The van der Waals surface area contributed by atoms with E-state index in [1.54, 1.807) is 42.5 Å². The standard InChI is InChI=1S/C25H18Cl2N2O3S/c26-17-13-18(27)15-20(14-17)29-25(31)23(16-5-2-1-3-6-16)33-21-10-8-19(9-11-21)28-24(30)22-7-4-12-32-22/h1-15,23H,(H,28,30)(H,29,31). The second-order valence-corrected chi connectivity index (χ2v) is 9.06. The molecule has 3 aromatic carbocycles. The number of hydrogen-bond acceptors (Lipinski definition) is 4. The maximum Gasteiger partial charge on any atom is 0.291 e. The van der Waals surface area contributed by atoms with Crippen molar-refractivity contribution in [3.05, 3.63) is 113 Å². The predicted molar refractivity (Wildman–Crippen MR) is 133 cm³/mol. The number of benzene rings is 3. The molecule has 5 nitrogen and oxygen atoms in total. The first kappa shape index (κ1) is 23.0. The van der Waals surface area contributed by atoms with Crippen LogP contribution in [-0.2, 0) is 4.79 Å². The van der Waals surface area contributed by atoms with E-state index in [0.29, 0.717) is 21.4 Å². The van der Waals surface area contributed by atoms with Crippen LogP contribution in [0.4, 0.5) is 11.4 Å². The summed E-state index contributed by atoms with van der Waals surface area (Å²) in [6.07, 6.45) is 1.45. The van der Waals surface area contributed by atoms with Crippen LogP contribution in [0, 0.1) is 0 Å². The fraction of sp³-hybridized carbons (Fsp3) is 0.0400. The number of carbonyl (C=O) groups excluding carboxylic acids is 2. The van der Waals surface area contributed by atoms with Crippen LogP contribution in [-0.4, -0.2) is 11.8 Å². The van der Waals surface area contributed by atoms with E-state index in [-0.39, 0.29) is 17.6 Å². The summed E-state index contributed by atoms with van der Waals surface area (Å²) < 4.78 is 5.11. The Labute approximate surface area is 205 Å². The molecule has 8 heteroatoms. The largest absolute Gasteiger partial charge is 0.459 e. The van der Waals surface area contributed by atoms with Crippen molar-refractivity contribution in [1.29, 1.82) is 0 Å². The van der Waals surface area contributed by atoms with Crippen LogP contribution in [0.1, 0.15) is 21.4 Å². The van der Waals surface area contributed by atoms with E-state index in [1.165, 1.54) is 18.0 Å². The van der Waals surface area contributed by atoms with Crippen LogP contribution < -0.4 is 10.6 Å². The molecule has 1 aromatic heterocycles. The van der Waals surface area contributed by atoms with Crippen LogP contribution in [0.5, 0.6) is 0 Å². The minimum atomic E-state index is -0.521. The third kappa shape index (κ3) is 6.20. The van der Waals surface area contributed by atoms with Gasteiger partial charge in [-0.25, -0.2) is 0 Å². The molecule has 0 saturated heterocycles. The summed E-state index contributed by atoms with van der Waals surface area (Å²) >= 11 is 13.5. The van der Waals surface area contributed by atoms with Crippen LogP contribution >= 0.6 is 35.0 Å². The third-order valence-electron chi connectivity index (χ3n) is 4.58. The Balaban J connectivity index is 1.50. The predicted octanol–water partition coefficient (Wildman–Crippen LogP) is 7.31. The second-order valence-electron chi connectivity index (χ2n) is 7.01. The molecule has 1 heterocycles. The summed E-state index contributed by atoms with van der Waals surface area (Å²) in [5, 5.41) is 6.03. The lowest BCUT2D eigenvalue weighted by Gasteiger charge is -2.17. The highest BCUT2D eigenvalue weighted by Gasteiger charge is 2.22. The molecule has 0 bridgehead atoms. The van der Waals surface area contributed by atoms with Crippen molar-refractivity contribution < 1.29 is 14.0 Å². The fourth-order valence-corrected chi connectivity index (χ4v) is 4.64. The Bertz CT molecular complexity index is 1230. The smallest absolute Gasteiger partial charge is 0.291 e. The number of furan rings is 1. The summed E-state index contributed by atoms with van der Waals surface area (Å²) in [6, 6.07) is 24.9. The van der Waals surface area contributed by atoms with Crippen LogP contribution in [0.3, 0.4) is 0 Å². The van der Waals surface area contributed by atoms with Gasteiger partial charge in [-0.3, -0.25) is 9.59 Å². The lowest BCUT2D eigenvalue weighted by Crippen LogP contribution is -2.19. The van der Waals surface area contributed by atoms with Gasteiger partial charge in [0.1, 0.15) is 5.25 Å². The van der Waals surface area contributed by atoms with E-state index in [4.69, 9.17) is 27.6 Å². The molecule has 166 valence electrons. The average Bonchev–Trinajstić information content (AvgIpc) is 3.33. The summed E-state index contributed by atoms with van der Waals surface area (Å²) in [5.74, 6) is -0.308. The molecule has 2 amide bonds. The molecule has 4 rings (SSSR count). The first-order valence-electron chi connectivity index (χ1n) is 9.91. The number of carbonyl (C=O) groups is 2. The van der Waals surface area contributed by atoms with Gasteiger partial charge in [0.05, 0.1) is 6.26 Å². The number of nitrogens with one attached hydrogen (secondary N) is 2. The minimum Gasteiger partial charge on any atom is -0.459 e. The van der Waals surface area contributed by atoms with Crippen molar-refractivity contribution >= 4 is 58.2 Å². The van der Waals surface area contributed by atoms with Crippen molar-refractivity contribution in [3.63, 3.8) is 0 Å².